The Labute approximate surface area is 188 Å². The second kappa shape index (κ2) is 7.45. The van der Waals surface area contributed by atoms with Crippen LogP contribution in [0.1, 0.15) is 5.56 Å². The van der Waals surface area contributed by atoms with Gasteiger partial charge in [-0.3, -0.25) is 5.32 Å². The van der Waals surface area contributed by atoms with Gasteiger partial charge in [-0.05, 0) is 30.0 Å². The van der Waals surface area contributed by atoms with Crippen LogP contribution in [0.15, 0.2) is 24.5 Å². The molecule has 9 nitrogen and oxygen atoms in total. The van der Waals surface area contributed by atoms with Crippen molar-refractivity contribution in [1.82, 2.24) is 9.97 Å². The van der Waals surface area contributed by atoms with E-state index in [1.54, 1.807) is 18.3 Å². The van der Waals surface area contributed by atoms with Gasteiger partial charge in [-0.15, -0.1) is 0 Å². The predicted molar refractivity (Wildman–Crippen MR) is 120 cm³/mol. The third-order valence-corrected chi connectivity index (χ3v) is 6.58. The number of nitrogens with one attached hydrogen (secondary N) is 2. The van der Waals surface area contributed by atoms with Gasteiger partial charge < -0.3 is 25.3 Å². The molecule has 0 radical (unpaired) electrons. The fourth-order valence-corrected chi connectivity index (χ4v) is 4.67. The van der Waals surface area contributed by atoms with Crippen LogP contribution in [-0.4, -0.2) is 48.5 Å². The number of benzene rings is 1. The van der Waals surface area contributed by atoms with E-state index >= 15 is 4.39 Å². The van der Waals surface area contributed by atoms with Crippen molar-refractivity contribution >= 4 is 34.1 Å². The van der Waals surface area contributed by atoms with Crippen molar-refractivity contribution in [2.24, 2.45) is 11.8 Å². The summed E-state index contributed by atoms with van der Waals surface area (Å²) in [6, 6.07) is 3.33. The monoisotopic (exact) mass is 451 g/mol. The summed E-state index contributed by atoms with van der Waals surface area (Å²) >= 11 is 0. The highest BCUT2D eigenvalue weighted by Crippen LogP contribution is 2.46. The third kappa shape index (κ3) is 3.29. The highest BCUT2D eigenvalue weighted by Gasteiger charge is 2.57. The molecule has 1 aliphatic carbocycles. The molecule has 0 unspecified atom stereocenters. The summed E-state index contributed by atoms with van der Waals surface area (Å²) in [5.41, 5.74) is 8.57. The molecule has 4 heterocycles. The minimum atomic E-state index is -0.572. The first-order chi connectivity index (χ1) is 16.0. The van der Waals surface area contributed by atoms with E-state index in [1.165, 1.54) is 6.20 Å². The lowest BCUT2D eigenvalue weighted by Crippen LogP contribution is -2.20. The smallest absolute Gasteiger partial charge is 0.413 e. The average Bonchev–Trinajstić information content (AvgIpc) is 3.22. The molecule has 6 rings (SSSR count). The number of fused-ring (bicyclic) bond motifs is 3. The standard InChI is InChI=1S/C23H22FN5O4/c1-10-13(6-28-22-20(10)26-2-3-32-22)12-4-11-5-17(27-7-14(11)19(25)18(12)24)29-23(30)33-21-15-8-31-9-16(15)21/h4-7,15-16,21,26H,2-3,8-9,25H2,1H3,(H,27,29,30)/t15-,16+,21+. The van der Waals surface area contributed by atoms with E-state index in [9.17, 15) is 4.79 Å². The molecule has 1 amide bonds. The van der Waals surface area contributed by atoms with Crippen molar-refractivity contribution in [3.8, 4) is 17.0 Å². The van der Waals surface area contributed by atoms with Crippen LogP contribution in [0.5, 0.6) is 5.88 Å². The van der Waals surface area contributed by atoms with E-state index in [1.807, 2.05) is 6.92 Å². The summed E-state index contributed by atoms with van der Waals surface area (Å²) in [6.45, 7) is 4.31. The zero-order valence-electron chi connectivity index (χ0n) is 17.9. The van der Waals surface area contributed by atoms with Crippen molar-refractivity contribution in [3.63, 3.8) is 0 Å². The minimum absolute atomic E-state index is 0.0173. The van der Waals surface area contributed by atoms with Gasteiger partial charge in [-0.1, -0.05) is 0 Å². The minimum Gasteiger partial charge on any atom is -0.474 e. The van der Waals surface area contributed by atoms with E-state index < -0.39 is 11.9 Å². The quantitative estimate of drug-likeness (QED) is 0.519. The number of aromatic nitrogens is 2. The number of amides is 1. The fraction of sp³-hybridized carbons (Fsp3) is 0.348. The number of halogens is 1. The van der Waals surface area contributed by atoms with Crippen LogP contribution in [0, 0.1) is 24.6 Å². The van der Waals surface area contributed by atoms with Gasteiger partial charge in [0.1, 0.15) is 24.2 Å². The Balaban J connectivity index is 1.32. The molecular weight excluding hydrogens is 429 g/mol. The second-order valence-electron chi connectivity index (χ2n) is 8.55. The Kier molecular flexibility index (Phi) is 4.51. The second-order valence-corrected chi connectivity index (χ2v) is 8.55. The maximum atomic E-state index is 15.3. The lowest BCUT2D eigenvalue weighted by molar-refractivity contribution is 0.0900. The SMILES string of the molecule is Cc1c(-c2cc3cc(NC(=O)O[C@H]4[C@@H]5COC[C@@H]54)ncc3c(N)c2F)cnc2c1NCCO2. The van der Waals surface area contributed by atoms with Crippen LogP contribution >= 0.6 is 0 Å². The average molecular weight is 451 g/mol. The van der Waals surface area contributed by atoms with Gasteiger partial charge in [0.05, 0.1) is 18.9 Å². The normalized spacial score (nSPS) is 22.7. The Morgan fingerprint density at radius 3 is 2.88 bits per heavy atom. The summed E-state index contributed by atoms with van der Waals surface area (Å²) < 4.78 is 31.6. The van der Waals surface area contributed by atoms with E-state index in [-0.39, 0.29) is 11.8 Å². The number of nitrogens with two attached hydrogens (primary N) is 1. The lowest BCUT2D eigenvalue weighted by Gasteiger charge is -2.22. The van der Waals surface area contributed by atoms with Crippen molar-refractivity contribution < 1.29 is 23.4 Å². The summed E-state index contributed by atoms with van der Waals surface area (Å²) in [5, 5.41) is 7.00. The molecule has 4 N–H and O–H groups in total. The number of carbonyl (C=O) groups excluding carboxylic acids is 1. The van der Waals surface area contributed by atoms with E-state index in [4.69, 9.17) is 19.9 Å². The number of rotatable bonds is 3. The molecule has 2 aromatic heterocycles. The molecule has 0 bridgehead atoms. The van der Waals surface area contributed by atoms with Crippen LogP contribution in [0.2, 0.25) is 0 Å². The lowest BCUT2D eigenvalue weighted by atomic mass is 9.97. The number of nitrogen functional groups attached to an aromatic ring is 1. The fourth-order valence-electron chi connectivity index (χ4n) is 4.67. The molecule has 1 aromatic carbocycles. The maximum Gasteiger partial charge on any atom is 0.413 e. The summed E-state index contributed by atoms with van der Waals surface area (Å²) in [7, 11) is 0. The molecule has 3 atom stereocenters. The number of nitrogens with zero attached hydrogens (tertiary/aromatic N) is 2. The van der Waals surface area contributed by atoms with Crippen LogP contribution in [-0.2, 0) is 9.47 Å². The van der Waals surface area contributed by atoms with Crippen LogP contribution < -0.4 is 21.1 Å². The summed E-state index contributed by atoms with van der Waals surface area (Å²) in [6.07, 6.45) is 2.35. The Bertz CT molecular complexity index is 1290. The van der Waals surface area contributed by atoms with Gasteiger partial charge >= 0.3 is 6.09 Å². The first-order valence-corrected chi connectivity index (χ1v) is 10.8. The Hall–Kier alpha value is -3.66. The Morgan fingerprint density at radius 2 is 2.06 bits per heavy atom. The zero-order valence-corrected chi connectivity index (χ0v) is 17.9. The van der Waals surface area contributed by atoms with Gasteiger partial charge in [-0.2, -0.15) is 0 Å². The summed E-state index contributed by atoms with van der Waals surface area (Å²) in [5.74, 6) is 0.825. The maximum absolute atomic E-state index is 15.3. The first-order valence-electron chi connectivity index (χ1n) is 10.8. The first kappa shape index (κ1) is 20.0. The molecule has 170 valence electrons. The number of hydrogen-bond acceptors (Lipinski definition) is 8. The summed E-state index contributed by atoms with van der Waals surface area (Å²) in [4.78, 5) is 20.8. The van der Waals surface area contributed by atoms with Crippen molar-refractivity contribution in [2.45, 2.75) is 13.0 Å². The molecule has 2 fully saturated rings. The van der Waals surface area contributed by atoms with Gasteiger partial charge in [0, 0.05) is 47.3 Å². The molecule has 3 aliphatic rings. The molecule has 2 aliphatic heterocycles. The molecular formula is C23H22FN5O4. The van der Waals surface area contributed by atoms with Gasteiger partial charge in [0.2, 0.25) is 5.88 Å². The van der Waals surface area contributed by atoms with Crippen LogP contribution in [0.25, 0.3) is 21.9 Å². The topological polar surface area (TPSA) is 121 Å². The Morgan fingerprint density at radius 1 is 1.24 bits per heavy atom. The van der Waals surface area contributed by atoms with Gasteiger partial charge in [0.15, 0.2) is 5.82 Å². The molecule has 1 saturated heterocycles. The molecule has 3 aromatic rings. The number of ether oxygens (including phenoxy) is 3. The molecule has 1 saturated carbocycles. The van der Waals surface area contributed by atoms with Gasteiger partial charge in [0.25, 0.3) is 0 Å². The molecule has 0 spiro atoms. The van der Waals surface area contributed by atoms with Crippen molar-refractivity contribution in [2.75, 3.05) is 42.7 Å². The number of carbonyl (C=O) groups is 1. The van der Waals surface area contributed by atoms with E-state index in [0.717, 1.165) is 11.3 Å². The molecule has 33 heavy (non-hydrogen) atoms. The highest BCUT2D eigenvalue weighted by atomic mass is 19.1. The van der Waals surface area contributed by atoms with E-state index in [0.29, 0.717) is 71.8 Å². The third-order valence-electron chi connectivity index (χ3n) is 6.58. The molecule has 10 heteroatoms. The number of anilines is 3. The van der Waals surface area contributed by atoms with E-state index in [2.05, 4.69) is 20.6 Å². The number of hydrogen-bond donors (Lipinski definition) is 3. The zero-order chi connectivity index (χ0) is 22.7. The largest absolute Gasteiger partial charge is 0.474 e. The van der Waals surface area contributed by atoms with Crippen LogP contribution in [0.3, 0.4) is 0 Å². The van der Waals surface area contributed by atoms with Crippen molar-refractivity contribution in [3.05, 3.63) is 35.9 Å². The van der Waals surface area contributed by atoms with Crippen LogP contribution in [0.4, 0.5) is 26.4 Å². The van der Waals surface area contributed by atoms with Crippen molar-refractivity contribution in [1.29, 1.82) is 0 Å². The number of pyridine rings is 2. The highest BCUT2D eigenvalue weighted by molar-refractivity contribution is 5.99. The van der Waals surface area contributed by atoms with Gasteiger partial charge in [-0.25, -0.2) is 19.2 Å². The predicted octanol–water partition coefficient (Wildman–Crippen LogP) is 3.32.